The smallest absolute Gasteiger partial charge is 0.287 e. The van der Waals surface area contributed by atoms with Crippen LogP contribution in [0.25, 0.3) is 0 Å². The number of aryl methyl sites for hydroxylation is 1. The van der Waals surface area contributed by atoms with E-state index in [-0.39, 0.29) is 5.91 Å². The Kier molecular flexibility index (Phi) is 4.87. The van der Waals surface area contributed by atoms with Crippen LogP contribution in [0.4, 0.5) is 0 Å². The van der Waals surface area contributed by atoms with Gasteiger partial charge in [0.1, 0.15) is 5.76 Å². The molecule has 0 fully saturated rings. The van der Waals surface area contributed by atoms with E-state index in [0.29, 0.717) is 23.8 Å². The number of carbonyl (C=O) groups is 1. The lowest BCUT2D eigenvalue weighted by Gasteiger charge is -2.10. The van der Waals surface area contributed by atoms with Crippen LogP contribution in [0, 0.1) is 0 Å². The van der Waals surface area contributed by atoms with Crippen LogP contribution in [-0.4, -0.2) is 20.1 Å². The number of methoxy groups -OCH3 is 2. The van der Waals surface area contributed by atoms with Gasteiger partial charge in [0.05, 0.1) is 14.2 Å². The first-order valence-corrected chi connectivity index (χ1v) is 6.75. The summed E-state index contributed by atoms with van der Waals surface area (Å²) in [6.07, 6.45) is 0.767. The number of rotatable bonds is 6. The molecule has 5 nitrogen and oxygen atoms in total. The Morgan fingerprint density at radius 2 is 1.90 bits per heavy atom. The minimum Gasteiger partial charge on any atom is -0.493 e. The first-order valence-electron chi connectivity index (χ1n) is 6.75. The zero-order chi connectivity index (χ0) is 15.2. The third-order valence-electron chi connectivity index (χ3n) is 3.13. The summed E-state index contributed by atoms with van der Waals surface area (Å²) < 4.78 is 15.8. The van der Waals surface area contributed by atoms with Crippen molar-refractivity contribution < 1.29 is 18.7 Å². The Bertz CT molecular complexity index is 618. The van der Waals surface area contributed by atoms with Gasteiger partial charge in [-0.05, 0) is 29.8 Å². The van der Waals surface area contributed by atoms with E-state index in [0.717, 1.165) is 17.7 Å². The second kappa shape index (κ2) is 6.83. The molecule has 112 valence electrons. The van der Waals surface area contributed by atoms with Crippen molar-refractivity contribution in [3.05, 3.63) is 47.4 Å². The van der Waals surface area contributed by atoms with E-state index in [1.165, 1.54) is 0 Å². The molecule has 0 radical (unpaired) electrons. The summed E-state index contributed by atoms with van der Waals surface area (Å²) in [6, 6.07) is 9.01. The van der Waals surface area contributed by atoms with E-state index >= 15 is 0 Å². The predicted molar refractivity (Wildman–Crippen MR) is 78.8 cm³/mol. The molecule has 1 aromatic heterocycles. The number of amides is 1. The van der Waals surface area contributed by atoms with E-state index < -0.39 is 0 Å². The number of carbonyl (C=O) groups excluding carboxylic acids is 1. The van der Waals surface area contributed by atoms with Crippen molar-refractivity contribution in [2.24, 2.45) is 0 Å². The summed E-state index contributed by atoms with van der Waals surface area (Å²) in [5, 5.41) is 2.81. The quantitative estimate of drug-likeness (QED) is 0.888. The molecule has 0 spiro atoms. The standard InChI is InChI=1S/C16H19NO4/c1-4-12-6-8-14(21-12)16(18)17-10-11-5-7-13(19-2)15(9-11)20-3/h5-9H,4,10H2,1-3H3,(H,17,18). The average Bonchev–Trinajstić information content (AvgIpc) is 3.01. The third-order valence-corrected chi connectivity index (χ3v) is 3.13. The molecule has 1 N–H and O–H groups in total. The molecule has 0 saturated carbocycles. The highest BCUT2D eigenvalue weighted by molar-refractivity contribution is 5.91. The highest BCUT2D eigenvalue weighted by Crippen LogP contribution is 2.27. The molecular formula is C16H19NO4. The molecule has 0 atom stereocenters. The maximum absolute atomic E-state index is 12.0. The van der Waals surface area contributed by atoms with Gasteiger partial charge in [-0.15, -0.1) is 0 Å². The molecule has 0 aliphatic carbocycles. The molecule has 1 heterocycles. The van der Waals surface area contributed by atoms with Crippen molar-refractivity contribution in [2.75, 3.05) is 14.2 Å². The van der Waals surface area contributed by atoms with Gasteiger partial charge in [0, 0.05) is 13.0 Å². The Labute approximate surface area is 123 Å². The first kappa shape index (κ1) is 15.0. The number of furan rings is 1. The summed E-state index contributed by atoms with van der Waals surface area (Å²) in [7, 11) is 3.16. The number of hydrogen-bond donors (Lipinski definition) is 1. The van der Waals surface area contributed by atoms with Gasteiger partial charge < -0.3 is 19.2 Å². The van der Waals surface area contributed by atoms with Crippen molar-refractivity contribution in [3.8, 4) is 11.5 Å². The molecule has 0 aliphatic rings. The Morgan fingerprint density at radius 3 is 2.52 bits per heavy atom. The van der Waals surface area contributed by atoms with Gasteiger partial charge in [0.2, 0.25) is 0 Å². The second-order valence-corrected chi connectivity index (χ2v) is 4.49. The monoisotopic (exact) mass is 289 g/mol. The highest BCUT2D eigenvalue weighted by Gasteiger charge is 2.11. The van der Waals surface area contributed by atoms with Crippen molar-refractivity contribution >= 4 is 5.91 Å². The number of nitrogens with one attached hydrogen (secondary N) is 1. The second-order valence-electron chi connectivity index (χ2n) is 4.49. The van der Waals surface area contributed by atoms with Gasteiger partial charge in [0.15, 0.2) is 17.3 Å². The van der Waals surface area contributed by atoms with Crippen molar-refractivity contribution in [1.82, 2.24) is 5.32 Å². The Hall–Kier alpha value is -2.43. The predicted octanol–water partition coefficient (Wildman–Crippen LogP) is 2.79. The molecule has 1 amide bonds. The fourth-order valence-corrected chi connectivity index (χ4v) is 1.95. The number of ether oxygens (including phenoxy) is 2. The fraction of sp³-hybridized carbons (Fsp3) is 0.312. The van der Waals surface area contributed by atoms with Crippen LogP contribution in [0.5, 0.6) is 11.5 Å². The van der Waals surface area contributed by atoms with Gasteiger partial charge in [-0.1, -0.05) is 13.0 Å². The van der Waals surface area contributed by atoms with Crippen LogP contribution in [0.3, 0.4) is 0 Å². The molecule has 0 bridgehead atoms. The van der Waals surface area contributed by atoms with Gasteiger partial charge in [-0.25, -0.2) is 0 Å². The molecule has 0 aliphatic heterocycles. The van der Waals surface area contributed by atoms with Gasteiger partial charge in [-0.2, -0.15) is 0 Å². The molecule has 1 aromatic carbocycles. The summed E-state index contributed by atoms with van der Waals surface area (Å²) in [5.74, 6) is 2.18. The van der Waals surface area contributed by atoms with E-state index in [1.807, 2.05) is 31.2 Å². The summed E-state index contributed by atoms with van der Waals surface area (Å²) in [5.41, 5.74) is 0.920. The summed E-state index contributed by atoms with van der Waals surface area (Å²) in [4.78, 5) is 12.0. The van der Waals surface area contributed by atoms with Gasteiger partial charge in [-0.3, -0.25) is 4.79 Å². The molecule has 0 saturated heterocycles. The van der Waals surface area contributed by atoms with Crippen molar-refractivity contribution in [1.29, 1.82) is 0 Å². The van der Waals surface area contributed by atoms with E-state index in [4.69, 9.17) is 13.9 Å². The maximum Gasteiger partial charge on any atom is 0.287 e. The molecule has 21 heavy (non-hydrogen) atoms. The number of benzene rings is 1. The van der Waals surface area contributed by atoms with Crippen LogP contribution in [0.15, 0.2) is 34.7 Å². The molecule has 2 aromatic rings. The minimum atomic E-state index is -0.232. The molecular weight excluding hydrogens is 270 g/mol. The SMILES string of the molecule is CCc1ccc(C(=O)NCc2ccc(OC)c(OC)c2)o1. The summed E-state index contributed by atoms with van der Waals surface area (Å²) in [6.45, 7) is 2.37. The van der Waals surface area contributed by atoms with Gasteiger partial charge in [0.25, 0.3) is 5.91 Å². The van der Waals surface area contributed by atoms with Crippen LogP contribution in [-0.2, 0) is 13.0 Å². The average molecular weight is 289 g/mol. The lowest BCUT2D eigenvalue weighted by Crippen LogP contribution is -2.22. The maximum atomic E-state index is 12.0. The fourth-order valence-electron chi connectivity index (χ4n) is 1.95. The van der Waals surface area contributed by atoms with E-state index in [1.54, 1.807) is 20.3 Å². The van der Waals surface area contributed by atoms with Crippen molar-refractivity contribution in [3.63, 3.8) is 0 Å². The molecule has 5 heteroatoms. The molecule has 0 unspecified atom stereocenters. The largest absolute Gasteiger partial charge is 0.493 e. The topological polar surface area (TPSA) is 60.7 Å². The van der Waals surface area contributed by atoms with Crippen LogP contribution < -0.4 is 14.8 Å². The highest BCUT2D eigenvalue weighted by atomic mass is 16.5. The molecule has 2 rings (SSSR count). The lowest BCUT2D eigenvalue weighted by molar-refractivity contribution is 0.0921. The Morgan fingerprint density at radius 1 is 1.14 bits per heavy atom. The zero-order valence-electron chi connectivity index (χ0n) is 12.4. The number of hydrogen-bond acceptors (Lipinski definition) is 4. The van der Waals surface area contributed by atoms with Crippen LogP contribution in [0.1, 0.15) is 28.8 Å². The van der Waals surface area contributed by atoms with Crippen molar-refractivity contribution in [2.45, 2.75) is 19.9 Å². The van der Waals surface area contributed by atoms with Crippen LogP contribution >= 0.6 is 0 Å². The lowest BCUT2D eigenvalue weighted by atomic mass is 10.2. The minimum absolute atomic E-state index is 0.232. The third kappa shape index (κ3) is 3.56. The van der Waals surface area contributed by atoms with E-state index in [9.17, 15) is 4.79 Å². The van der Waals surface area contributed by atoms with Crippen LogP contribution in [0.2, 0.25) is 0 Å². The normalized spacial score (nSPS) is 10.2. The summed E-state index contributed by atoms with van der Waals surface area (Å²) >= 11 is 0. The van der Waals surface area contributed by atoms with Gasteiger partial charge >= 0.3 is 0 Å². The zero-order valence-corrected chi connectivity index (χ0v) is 12.4. The van der Waals surface area contributed by atoms with E-state index in [2.05, 4.69) is 5.32 Å². The Balaban J connectivity index is 2.00. The first-order chi connectivity index (χ1) is 10.2.